The summed E-state index contributed by atoms with van der Waals surface area (Å²) in [5.74, 6) is 2.81. The van der Waals surface area contributed by atoms with E-state index in [0.29, 0.717) is 17.6 Å². The van der Waals surface area contributed by atoms with Gasteiger partial charge in [0.2, 0.25) is 11.9 Å². The van der Waals surface area contributed by atoms with E-state index in [1.54, 1.807) is 0 Å². The van der Waals surface area contributed by atoms with Gasteiger partial charge in [-0.05, 0) is 106 Å². The monoisotopic (exact) mass is 692 g/mol. The number of hydrogen-bond acceptors (Lipinski definition) is 6. The standard InChI is InChI=1S/C47H44N6/c1-43(2)44(3,4)53-42(51-43)52(45(5,6)46(53,7)8)41-49-39(29-18-10-9-11-19-29)48-40(50-41)30-26-27-34-33-22-14-17-25-37(33)47(38(34)28-30)35-23-15-12-20-31(35)32-21-13-16-24-36(32)47/h9-28H,1-8H3. The second-order valence-electron chi connectivity index (χ2n) is 17.1. The number of guanidine groups is 1. The molecule has 4 aliphatic rings. The molecule has 0 atom stereocenters. The van der Waals surface area contributed by atoms with E-state index in [1.165, 1.54) is 44.5 Å². The molecular weight excluding hydrogens is 649 g/mol. The summed E-state index contributed by atoms with van der Waals surface area (Å²) in [6.45, 7) is 18.3. The zero-order valence-electron chi connectivity index (χ0n) is 31.7. The minimum Gasteiger partial charge on any atom is -0.327 e. The van der Waals surface area contributed by atoms with Crippen molar-refractivity contribution in [1.29, 1.82) is 0 Å². The first-order chi connectivity index (χ1) is 25.3. The van der Waals surface area contributed by atoms with Gasteiger partial charge in [0.05, 0.1) is 27.6 Å². The van der Waals surface area contributed by atoms with Crippen LogP contribution in [0.5, 0.6) is 0 Å². The van der Waals surface area contributed by atoms with Gasteiger partial charge in [0, 0.05) is 11.1 Å². The summed E-state index contributed by atoms with van der Waals surface area (Å²) in [5, 5.41) is 0. The van der Waals surface area contributed by atoms with Crippen molar-refractivity contribution < 1.29 is 0 Å². The Morgan fingerprint density at radius 3 is 1.49 bits per heavy atom. The fraction of sp³-hybridized carbons (Fsp3) is 0.277. The van der Waals surface area contributed by atoms with Crippen LogP contribution in [0.3, 0.4) is 0 Å². The van der Waals surface area contributed by atoms with Crippen molar-refractivity contribution in [2.45, 2.75) is 83.0 Å². The van der Waals surface area contributed by atoms with E-state index < -0.39 is 11.0 Å². The van der Waals surface area contributed by atoms with Crippen LogP contribution < -0.4 is 4.90 Å². The third-order valence-electron chi connectivity index (χ3n) is 13.6. The highest BCUT2D eigenvalue weighted by Gasteiger charge is 2.66. The van der Waals surface area contributed by atoms with E-state index in [0.717, 1.165) is 17.1 Å². The molecule has 1 saturated heterocycles. The molecule has 0 unspecified atom stereocenters. The van der Waals surface area contributed by atoms with Crippen molar-refractivity contribution in [2.75, 3.05) is 4.90 Å². The highest BCUT2D eigenvalue weighted by Crippen LogP contribution is 2.63. The normalized spacial score (nSPS) is 19.7. The van der Waals surface area contributed by atoms with Crippen LogP contribution in [0.25, 0.3) is 45.0 Å². The molecule has 0 saturated carbocycles. The van der Waals surface area contributed by atoms with Crippen molar-refractivity contribution in [1.82, 2.24) is 19.9 Å². The second-order valence-corrected chi connectivity index (χ2v) is 17.1. The molecule has 2 aliphatic heterocycles. The maximum Gasteiger partial charge on any atom is 0.236 e. The molecule has 1 spiro atoms. The maximum absolute atomic E-state index is 5.42. The largest absolute Gasteiger partial charge is 0.327 e. The Balaban J connectivity index is 1.23. The fourth-order valence-electron chi connectivity index (χ4n) is 9.74. The van der Waals surface area contributed by atoms with Crippen LogP contribution in [0.15, 0.2) is 126 Å². The average Bonchev–Trinajstić information content (AvgIpc) is 3.73. The number of aliphatic imine (C=N–C) groups is 1. The Kier molecular flexibility index (Phi) is 6.22. The predicted molar refractivity (Wildman–Crippen MR) is 215 cm³/mol. The molecule has 0 N–H and O–H groups in total. The summed E-state index contributed by atoms with van der Waals surface area (Å²) in [6, 6.07) is 43.9. The Bertz CT molecular complexity index is 2480. The minimum atomic E-state index is -0.454. The molecule has 10 rings (SSSR count). The van der Waals surface area contributed by atoms with E-state index in [-0.39, 0.29) is 16.6 Å². The molecule has 6 heteroatoms. The van der Waals surface area contributed by atoms with Gasteiger partial charge in [-0.25, -0.2) is 9.98 Å². The van der Waals surface area contributed by atoms with Gasteiger partial charge in [0.1, 0.15) is 0 Å². The molecule has 6 aromatic rings. The van der Waals surface area contributed by atoms with Crippen molar-refractivity contribution in [3.63, 3.8) is 0 Å². The number of fused-ring (bicyclic) bond motifs is 11. The van der Waals surface area contributed by atoms with Crippen LogP contribution in [-0.4, -0.2) is 48.0 Å². The molecule has 3 heterocycles. The van der Waals surface area contributed by atoms with Crippen LogP contribution in [0.2, 0.25) is 0 Å². The number of rotatable bonds is 3. The lowest BCUT2D eigenvalue weighted by atomic mass is 9.70. The SMILES string of the molecule is CC1(C)N=C2N(c3nc(-c4ccccc4)nc(-c4ccc5c(c4)C4(c6ccccc6-c6ccccc64)c4ccccc4-5)n3)C(C)(C)C(C)(C)N2C1(C)C. The van der Waals surface area contributed by atoms with Gasteiger partial charge in [0.15, 0.2) is 11.6 Å². The number of nitrogens with zero attached hydrogens (tertiary/aromatic N) is 6. The molecule has 262 valence electrons. The van der Waals surface area contributed by atoms with Crippen LogP contribution in [0.4, 0.5) is 5.95 Å². The summed E-state index contributed by atoms with van der Waals surface area (Å²) < 4.78 is 0. The van der Waals surface area contributed by atoms with E-state index in [2.05, 4.69) is 168 Å². The predicted octanol–water partition coefficient (Wildman–Crippen LogP) is 10.2. The third-order valence-corrected chi connectivity index (χ3v) is 13.6. The lowest BCUT2D eigenvalue weighted by Crippen LogP contribution is -2.63. The van der Waals surface area contributed by atoms with Gasteiger partial charge >= 0.3 is 0 Å². The van der Waals surface area contributed by atoms with E-state index in [1.807, 2.05) is 18.2 Å². The van der Waals surface area contributed by atoms with Crippen molar-refractivity contribution in [3.05, 3.63) is 144 Å². The summed E-state index contributed by atoms with van der Waals surface area (Å²) >= 11 is 0. The zero-order valence-corrected chi connectivity index (χ0v) is 31.7. The number of aromatic nitrogens is 3. The van der Waals surface area contributed by atoms with Gasteiger partial charge in [-0.2, -0.15) is 9.97 Å². The zero-order chi connectivity index (χ0) is 36.7. The molecule has 0 bridgehead atoms. The Morgan fingerprint density at radius 1 is 0.434 bits per heavy atom. The Morgan fingerprint density at radius 2 is 0.925 bits per heavy atom. The topological polar surface area (TPSA) is 57.5 Å². The smallest absolute Gasteiger partial charge is 0.236 e. The van der Waals surface area contributed by atoms with Crippen LogP contribution >= 0.6 is 0 Å². The second kappa shape index (κ2) is 10.3. The average molecular weight is 693 g/mol. The number of benzene rings is 5. The van der Waals surface area contributed by atoms with Crippen molar-refractivity contribution in [2.24, 2.45) is 4.99 Å². The minimum absolute atomic E-state index is 0.229. The molecule has 0 radical (unpaired) electrons. The maximum atomic E-state index is 5.42. The highest BCUT2D eigenvalue weighted by molar-refractivity contribution is 6.02. The molecule has 6 nitrogen and oxygen atoms in total. The summed E-state index contributed by atoms with van der Waals surface area (Å²) in [7, 11) is 0. The first-order valence-electron chi connectivity index (χ1n) is 18.8. The Labute approximate surface area is 312 Å². The quantitative estimate of drug-likeness (QED) is 0.185. The highest BCUT2D eigenvalue weighted by atomic mass is 15.6. The van der Waals surface area contributed by atoms with Crippen LogP contribution in [0, 0.1) is 0 Å². The van der Waals surface area contributed by atoms with Crippen LogP contribution in [0.1, 0.15) is 77.6 Å². The van der Waals surface area contributed by atoms with E-state index in [4.69, 9.17) is 19.9 Å². The number of anilines is 1. The first-order valence-corrected chi connectivity index (χ1v) is 18.8. The number of hydrogen-bond donors (Lipinski definition) is 0. The van der Waals surface area contributed by atoms with Gasteiger partial charge in [0.25, 0.3) is 0 Å². The molecule has 1 aromatic heterocycles. The van der Waals surface area contributed by atoms with Gasteiger partial charge < -0.3 is 4.90 Å². The molecule has 53 heavy (non-hydrogen) atoms. The lowest BCUT2D eigenvalue weighted by Gasteiger charge is -2.50. The summed E-state index contributed by atoms with van der Waals surface area (Å²) in [6.07, 6.45) is 0. The third kappa shape index (κ3) is 3.88. The molecule has 5 aromatic carbocycles. The summed E-state index contributed by atoms with van der Waals surface area (Å²) in [4.78, 5) is 26.1. The summed E-state index contributed by atoms with van der Waals surface area (Å²) in [5.41, 5.74) is 10.5. The van der Waals surface area contributed by atoms with Crippen LogP contribution in [-0.2, 0) is 5.41 Å². The van der Waals surface area contributed by atoms with E-state index >= 15 is 0 Å². The van der Waals surface area contributed by atoms with E-state index in [9.17, 15) is 0 Å². The fourth-order valence-corrected chi connectivity index (χ4v) is 9.74. The Hall–Kier alpha value is -5.62. The van der Waals surface area contributed by atoms with Crippen molar-refractivity contribution >= 4 is 11.9 Å². The van der Waals surface area contributed by atoms with Gasteiger partial charge in [-0.3, -0.25) is 4.90 Å². The molecular formula is C47H44N6. The van der Waals surface area contributed by atoms with Gasteiger partial charge in [-0.15, -0.1) is 0 Å². The van der Waals surface area contributed by atoms with Gasteiger partial charge in [-0.1, -0.05) is 115 Å². The van der Waals surface area contributed by atoms with Crippen molar-refractivity contribution in [3.8, 4) is 45.0 Å². The lowest BCUT2D eigenvalue weighted by molar-refractivity contribution is 0.0527. The molecule has 2 aliphatic carbocycles. The molecule has 1 fully saturated rings. The first kappa shape index (κ1) is 32.1. The molecule has 0 amide bonds.